The summed E-state index contributed by atoms with van der Waals surface area (Å²) < 4.78 is 11.1. The third-order valence-corrected chi connectivity index (χ3v) is 2.89. The van der Waals surface area contributed by atoms with E-state index in [0.29, 0.717) is 25.6 Å². The van der Waals surface area contributed by atoms with E-state index in [1.807, 2.05) is 24.3 Å². The molecule has 19 heavy (non-hydrogen) atoms. The van der Waals surface area contributed by atoms with Crippen LogP contribution in [-0.2, 0) is 11.2 Å². The van der Waals surface area contributed by atoms with E-state index in [0.717, 1.165) is 17.9 Å². The molecule has 0 amide bonds. The summed E-state index contributed by atoms with van der Waals surface area (Å²) in [6, 6.07) is 9.75. The first kappa shape index (κ1) is 15.5. The molecule has 0 bridgehead atoms. The van der Waals surface area contributed by atoms with Crippen LogP contribution in [0.15, 0.2) is 24.3 Å². The Balaban J connectivity index is 2.14. The Morgan fingerprint density at radius 2 is 1.95 bits per heavy atom. The number of hydrogen-bond acceptors (Lipinski definition) is 3. The average Bonchev–Trinajstić information content (AvgIpc) is 2.41. The summed E-state index contributed by atoms with van der Waals surface area (Å²) in [7, 11) is 0. The number of benzene rings is 1. The van der Waals surface area contributed by atoms with Gasteiger partial charge < -0.3 is 9.47 Å². The summed E-state index contributed by atoms with van der Waals surface area (Å²) >= 11 is 0. The fourth-order valence-corrected chi connectivity index (χ4v) is 1.87. The molecule has 1 aromatic rings. The number of nitriles is 1. The van der Waals surface area contributed by atoms with Crippen molar-refractivity contribution in [2.75, 3.05) is 19.8 Å². The first-order valence-electron chi connectivity index (χ1n) is 6.92. The molecule has 0 radical (unpaired) electrons. The van der Waals surface area contributed by atoms with Crippen LogP contribution in [0.5, 0.6) is 5.75 Å². The lowest BCUT2D eigenvalue weighted by Gasteiger charge is -2.11. The van der Waals surface area contributed by atoms with Crippen LogP contribution < -0.4 is 4.74 Å². The van der Waals surface area contributed by atoms with Crippen LogP contribution in [0.3, 0.4) is 0 Å². The first-order chi connectivity index (χ1) is 9.26. The maximum atomic E-state index is 8.57. The van der Waals surface area contributed by atoms with Gasteiger partial charge in [0, 0.05) is 6.61 Å². The normalized spacial score (nSPS) is 11.8. The van der Waals surface area contributed by atoms with Crippen LogP contribution in [0.25, 0.3) is 0 Å². The van der Waals surface area contributed by atoms with Crippen LogP contribution in [0.4, 0.5) is 0 Å². The summed E-state index contributed by atoms with van der Waals surface area (Å²) in [5, 5.41) is 8.57. The quantitative estimate of drug-likeness (QED) is 0.638. The van der Waals surface area contributed by atoms with Crippen molar-refractivity contribution in [3.05, 3.63) is 29.8 Å². The number of nitrogens with zero attached hydrogens (tertiary/aromatic N) is 1. The van der Waals surface area contributed by atoms with Gasteiger partial charge in [0.1, 0.15) is 12.4 Å². The summed E-state index contributed by atoms with van der Waals surface area (Å²) in [5.74, 6) is 1.45. The van der Waals surface area contributed by atoms with Crippen molar-refractivity contribution in [1.29, 1.82) is 5.26 Å². The SMILES string of the molecule is CCCC(C)COCCOc1ccc(CC#N)cc1. The summed E-state index contributed by atoms with van der Waals surface area (Å²) in [6.07, 6.45) is 2.86. The Hall–Kier alpha value is -1.53. The van der Waals surface area contributed by atoms with Crippen molar-refractivity contribution in [3.8, 4) is 11.8 Å². The fraction of sp³-hybridized carbons (Fsp3) is 0.562. The molecule has 1 rings (SSSR count). The van der Waals surface area contributed by atoms with Gasteiger partial charge in [-0.15, -0.1) is 0 Å². The van der Waals surface area contributed by atoms with E-state index in [1.165, 1.54) is 12.8 Å². The van der Waals surface area contributed by atoms with Gasteiger partial charge in [0.25, 0.3) is 0 Å². The van der Waals surface area contributed by atoms with Gasteiger partial charge >= 0.3 is 0 Å². The van der Waals surface area contributed by atoms with Crippen LogP contribution in [0, 0.1) is 17.2 Å². The van der Waals surface area contributed by atoms with E-state index in [-0.39, 0.29) is 0 Å². The minimum Gasteiger partial charge on any atom is -0.491 e. The molecule has 0 N–H and O–H groups in total. The minimum atomic E-state index is 0.443. The maximum absolute atomic E-state index is 8.57. The second kappa shape index (κ2) is 9.41. The van der Waals surface area contributed by atoms with Crippen LogP contribution in [0.1, 0.15) is 32.3 Å². The molecule has 3 nitrogen and oxygen atoms in total. The third-order valence-electron chi connectivity index (χ3n) is 2.89. The zero-order valence-electron chi connectivity index (χ0n) is 11.9. The van der Waals surface area contributed by atoms with Gasteiger partial charge in [-0.3, -0.25) is 0 Å². The molecule has 0 heterocycles. The van der Waals surface area contributed by atoms with E-state index in [4.69, 9.17) is 14.7 Å². The molecule has 0 fully saturated rings. The van der Waals surface area contributed by atoms with Gasteiger partial charge in [-0.2, -0.15) is 5.26 Å². The Kier molecular flexibility index (Phi) is 7.69. The molecule has 3 heteroatoms. The van der Waals surface area contributed by atoms with Gasteiger partial charge in [-0.25, -0.2) is 0 Å². The minimum absolute atomic E-state index is 0.443. The predicted molar refractivity (Wildman–Crippen MR) is 76.1 cm³/mol. The molecule has 1 unspecified atom stereocenters. The molecule has 0 saturated heterocycles. The topological polar surface area (TPSA) is 42.2 Å². The van der Waals surface area contributed by atoms with E-state index >= 15 is 0 Å². The zero-order chi connectivity index (χ0) is 13.9. The summed E-state index contributed by atoms with van der Waals surface area (Å²) in [6.45, 7) is 6.39. The zero-order valence-corrected chi connectivity index (χ0v) is 11.9. The Morgan fingerprint density at radius 3 is 2.58 bits per heavy atom. The lowest BCUT2D eigenvalue weighted by atomic mass is 10.1. The predicted octanol–water partition coefficient (Wildman–Crippen LogP) is 3.58. The molecule has 0 aliphatic heterocycles. The molecule has 1 atom stereocenters. The summed E-state index contributed by atoms with van der Waals surface area (Å²) in [4.78, 5) is 0. The van der Waals surface area contributed by atoms with E-state index in [1.54, 1.807) is 0 Å². The lowest BCUT2D eigenvalue weighted by molar-refractivity contribution is 0.0758. The molecule has 0 aliphatic rings. The van der Waals surface area contributed by atoms with Crippen molar-refractivity contribution in [1.82, 2.24) is 0 Å². The Bertz CT molecular complexity index is 381. The Labute approximate surface area is 116 Å². The molecule has 0 saturated carbocycles. The third kappa shape index (κ3) is 6.83. The van der Waals surface area contributed by atoms with E-state index in [2.05, 4.69) is 19.9 Å². The lowest BCUT2D eigenvalue weighted by Crippen LogP contribution is -2.11. The number of rotatable bonds is 9. The van der Waals surface area contributed by atoms with Crippen LogP contribution in [-0.4, -0.2) is 19.8 Å². The standard InChI is InChI=1S/C16H23NO2/c1-3-4-14(2)13-18-11-12-19-16-7-5-15(6-8-16)9-10-17/h5-8,14H,3-4,9,11-13H2,1-2H3. The highest BCUT2D eigenvalue weighted by Crippen LogP contribution is 2.12. The highest BCUT2D eigenvalue weighted by Gasteiger charge is 2.00. The monoisotopic (exact) mass is 261 g/mol. The molecular weight excluding hydrogens is 238 g/mol. The van der Waals surface area contributed by atoms with E-state index < -0.39 is 0 Å². The maximum Gasteiger partial charge on any atom is 0.119 e. The van der Waals surface area contributed by atoms with Crippen molar-refractivity contribution in [2.45, 2.75) is 33.1 Å². The number of hydrogen-bond donors (Lipinski definition) is 0. The second-order valence-corrected chi connectivity index (χ2v) is 4.80. The van der Waals surface area contributed by atoms with Gasteiger partial charge in [-0.05, 0) is 30.0 Å². The Morgan fingerprint density at radius 1 is 1.21 bits per heavy atom. The highest BCUT2D eigenvalue weighted by molar-refractivity contribution is 5.28. The van der Waals surface area contributed by atoms with Gasteiger partial charge in [0.15, 0.2) is 0 Å². The first-order valence-corrected chi connectivity index (χ1v) is 6.92. The molecular formula is C16H23NO2. The average molecular weight is 261 g/mol. The van der Waals surface area contributed by atoms with Gasteiger partial charge in [0.05, 0.1) is 19.1 Å². The largest absolute Gasteiger partial charge is 0.491 e. The van der Waals surface area contributed by atoms with Crippen molar-refractivity contribution < 1.29 is 9.47 Å². The summed E-state index contributed by atoms with van der Waals surface area (Å²) in [5.41, 5.74) is 1.01. The number of ether oxygens (including phenoxy) is 2. The molecule has 0 aromatic heterocycles. The molecule has 0 aliphatic carbocycles. The highest BCUT2D eigenvalue weighted by atomic mass is 16.5. The second-order valence-electron chi connectivity index (χ2n) is 4.80. The fourth-order valence-electron chi connectivity index (χ4n) is 1.87. The van der Waals surface area contributed by atoms with Crippen molar-refractivity contribution in [2.24, 2.45) is 5.92 Å². The molecule has 1 aromatic carbocycles. The smallest absolute Gasteiger partial charge is 0.119 e. The van der Waals surface area contributed by atoms with Crippen molar-refractivity contribution in [3.63, 3.8) is 0 Å². The van der Waals surface area contributed by atoms with Crippen LogP contribution in [0.2, 0.25) is 0 Å². The van der Waals surface area contributed by atoms with E-state index in [9.17, 15) is 0 Å². The van der Waals surface area contributed by atoms with Crippen molar-refractivity contribution >= 4 is 0 Å². The van der Waals surface area contributed by atoms with Crippen LogP contribution >= 0.6 is 0 Å². The molecule has 0 spiro atoms. The van der Waals surface area contributed by atoms with Gasteiger partial charge in [-0.1, -0.05) is 32.4 Å². The van der Waals surface area contributed by atoms with Gasteiger partial charge in [0.2, 0.25) is 0 Å². The molecule has 104 valence electrons.